The average Bonchev–Trinajstić information content (AvgIpc) is 3.24. The fraction of sp³-hybridized carbons (Fsp3) is 0.353. The Balaban J connectivity index is 1.86. The van der Waals surface area contributed by atoms with Crippen molar-refractivity contribution in [3.05, 3.63) is 46.2 Å². The normalized spacial score (nSPS) is 15.0. The summed E-state index contributed by atoms with van der Waals surface area (Å²) in [5, 5.41) is 12.6. The third kappa shape index (κ3) is 3.59. The summed E-state index contributed by atoms with van der Waals surface area (Å²) in [4.78, 5) is 24.9. The van der Waals surface area contributed by atoms with E-state index in [0.29, 0.717) is 27.9 Å². The molecular formula is C17H19ClN4O2. The number of aryl methyl sites for hydroxylation is 1. The van der Waals surface area contributed by atoms with E-state index in [1.54, 1.807) is 25.1 Å². The van der Waals surface area contributed by atoms with E-state index >= 15 is 0 Å². The van der Waals surface area contributed by atoms with Gasteiger partial charge in [0.05, 0.1) is 11.3 Å². The molecule has 1 aromatic carbocycles. The summed E-state index contributed by atoms with van der Waals surface area (Å²) in [7, 11) is 0. The summed E-state index contributed by atoms with van der Waals surface area (Å²) in [6.07, 6.45) is 3.77. The van der Waals surface area contributed by atoms with E-state index in [-0.39, 0.29) is 17.9 Å². The molecule has 2 aromatic rings. The third-order valence-corrected chi connectivity index (χ3v) is 4.43. The molecule has 0 spiro atoms. The summed E-state index contributed by atoms with van der Waals surface area (Å²) in [5.74, 6) is -0.0561. The highest BCUT2D eigenvalue weighted by molar-refractivity contribution is 6.31. The Bertz CT molecular complexity index is 769. The second-order valence-electron chi connectivity index (χ2n) is 6.17. The number of hydrogen-bond acceptors (Lipinski definition) is 3. The van der Waals surface area contributed by atoms with Gasteiger partial charge >= 0.3 is 0 Å². The Hall–Kier alpha value is -2.34. The Morgan fingerprint density at radius 3 is 2.71 bits per heavy atom. The number of nitrogens with zero attached hydrogens (tertiary/aromatic N) is 1. The van der Waals surface area contributed by atoms with Crippen molar-refractivity contribution in [3.63, 3.8) is 0 Å². The first-order chi connectivity index (χ1) is 11.5. The van der Waals surface area contributed by atoms with Gasteiger partial charge < -0.3 is 10.6 Å². The lowest BCUT2D eigenvalue weighted by molar-refractivity contribution is 0.0936. The van der Waals surface area contributed by atoms with Crippen LogP contribution in [0.1, 0.15) is 46.2 Å². The summed E-state index contributed by atoms with van der Waals surface area (Å²) in [5.41, 5.74) is 1.86. The van der Waals surface area contributed by atoms with Crippen molar-refractivity contribution in [3.8, 4) is 0 Å². The van der Waals surface area contributed by atoms with Gasteiger partial charge in [-0.1, -0.05) is 11.6 Å². The van der Waals surface area contributed by atoms with Gasteiger partial charge in [0.15, 0.2) is 0 Å². The molecule has 1 unspecified atom stereocenters. The van der Waals surface area contributed by atoms with Gasteiger partial charge in [0, 0.05) is 17.3 Å². The van der Waals surface area contributed by atoms with Crippen molar-refractivity contribution >= 4 is 29.1 Å². The minimum absolute atomic E-state index is 0.105. The lowest BCUT2D eigenvalue weighted by Gasteiger charge is -2.17. The molecule has 2 amide bonds. The van der Waals surface area contributed by atoms with E-state index in [9.17, 15) is 9.59 Å². The molecule has 0 radical (unpaired) electrons. The van der Waals surface area contributed by atoms with Crippen molar-refractivity contribution in [2.24, 2.45) is 5.92 Å². The number of aromatic amines is 1. The van der Waals surface area contributed by atoms with Crippen LogP contribution in [0.15, 0.2) is 24.4 Å². The number of rotatable bonds is 5. The molecule has 0 bridgehead atoms. The first kappa shape index (κ1) is 16.5. The molecule has 3 N–H and O–H groups in total. The SMILES string of the molecule is Cc1cc(Cl)cc(C(=O)NC(C)C2CC2)c1NC(=O)c1ccn[nH]1. The standard InChI is InChI=1S/C17H19ClN4O2/c1-9-7-12(18)8-13(16(23)20-10(2)11-3-4-11)15(9)21-17(24)14-5-6-19-22-14/h5-8,10-11H,3-4H2,1-2H3,(H,19,22)(H,20,23)(H,21,24). The Labute approximate surface area is 145 Å². The number of aromatic nitrogens is 2. The largest absolute Gasteiger partial charge is 0.349 e. The van der Waals surface area contributed by atoms with Crippen LogP contribution in [0.25, 0.3) is 0 Å². The van der Waals surface area contributed by atoms with Gasteiger partial charge in [0.1, 0.15) is 5.69 Å². The molecule has 126 valence electrons. The van der Waals surface area contributed by atoms with Crippen LogP contribution in [0.2, 0.25) is 5.02 Å². The second kappa shape index (κ2) is 6.65. The molecule has 1 aliphatic carbocycles. The Morgan fingerprint density at radius 1 is 1.33 bits per heavy atom. The maximum atomic E-state index is 12.6. The highest BCUT2D eigenvalue weighted by atomic mass is 35.5. The van der Waals surface area contributed by atoms with Crippen molar-refractivity contribution in [1.29, 1.82) is 0 Å². The fourth-order valence-electron chi connectivity index (χ4n) is 2.65. The Morgan fingerprint density at radius 2 is 2.08 bits per heavy atom. The molecule has 7 heteroatoms. The van der Waals surface area contributed by atoms with Crippen LogP contribution in [-0.4, -0.2) is 28.1 Å². The van der Waals surface area contributed by atoms with E-state index in [4.69, 9.17) is 11.6 Å². The molecule has 1 saturated carbocycles. The van der Waals surface area contributed by atoms with E-state index in [1.807, 2.05) is 6.92 Å². The minimum Gasteiger partial charge on any atom is -0.349 e. The zero-order valence-corrected chi connectivity index (χ0v) is 14.3. The highest BCUT2D eigenvalue weighted by Gasteiger charge is 2.30. The van der Waals surface area contributed by atoms with Gasteiger partial charge in [-0.05, 0) is 56.4 Å². The molecule has 0 saturated heterocycles. The van der Waals surface area contributed by atoms with Crippen LogP contribution in [0, 0.1) is 12.8 Å². The number of H-pyrrole nitrogens is 1. The zero-order chi connectivity index (χ0) is 17.3. The number of carbonyl (C=O) groups excluding carboxylic acids is 2. The van der Waals surface area contributed by atoms with Gasteiger partial charge in [0.25, 0.3) is 11.8 Å². The number of benzene rings is 1. The lowest BCUT2D eigenvalue weighted by atomic mass is 10.1. The number of amides is 2. The van der Waals surface area contributed by atoms with Crippen LogP contribution >= 0.6 is 11.6 Å². The molecule has 0 aliphatic heterocycles. The first-order valence-electron chi connectivity index (χ1n) is 7.87. The highest BCUT2D eigenvalue weighted by Crippen LogP contribution is 2.33. The number of nitrogens with one attached hydrogen (secondary N) is 3. The van der Waals surface area contributed by atoms with E-state index in [1.165, 1.54) is 6.20 Å². The number of hydrogen-bond donors (Lipinski definition) is 3. The molecule has 1 aromatic heterocycles. The van der Waals surface area contributed by atoms with Gasteiger partial charge in [-0.15, -0.1) is 0 Å². The van der Waals surface area contributed by atoms with Crippen molar-refractivity contribution in [1.82, 2.24) is 15.5 Å². The number of anilines is 1. The molecule has 24 heavy (non-hydrogen) atoms. The maximum absolute atomic E-state index is 12.6. The first-order valence-corrected chi connectivity index (χ1v) is 8.25. The van der Waals surface area contributed by atoms with Crippen LogP contribution in [0.4, 0.5) is 5.69 Å². The van der Waals surface area contributed by atoms with Crippen LogP contribution in [0.3, 0.4) is 0 Å². The maximum Gasteiger partial charge on any atom is 0.273 e. The quantitative estimate of drug-likeness (QED) is 0.777. The van der Waals surface area contributed by atoms with Crippen molar-refractivity contribution in [2.45, 2.75) is 32.7 Å². The van der Waals surface area contributed by atoms with Crippen molar-refractivity contribution < 1.29 is 9.59 Å². The summed E-state index contributed by atoms with van der Waals surface area (Å²) in [6.45, 7) is 3.80. The zero-order valence-electron chi connectivity index (χ0n) is 13.5. The van der Waals surface area contributed by atoms with Crippen molar-refractivity contribution in [2.75, 3.05) is 5.32 Å². The van der Waals surface area contributed by atoms with Crippen LogP contribution in [-0.2, 0) is 0 Å². The molecule has 3 rings (SSSR count). The van der Waals surface area contributed by atoms with Crippen LogP contribution in [0.5, 0.6) is 0 Å². The average molecular weight is 347 g/mol. The minimum atomic E-state index is -0.359. The molecule has 1 heterocycles. The molecule has 1 fully saturated rings. The molecule has 1 atom stereocenters. The molecular weight excluding hydrogens is 328 g/mol. The van der Waals surface area contributed by atoms with E-state index < -0.39 is 0 Å². The van der Waals surface area contributed by atoms with Gasteiger partial charge in [-0.3, -0.25) is 14.7 Å². The van der Waals surface area contributed by atoms with Gasteiger partial charge in [0.2, 0.25) is 0 Å². The summed E-state index contributed by atoms with van der Waals surface area (Å²) < 4.78 is 0. The smallest absolute Gasteiger partial charge is 0.273 e. The number of halogens is 1. The third-order valence-electron chi connectivity index (χ3n) is 4.22. The monoisotopic (exact) mass is 346 g/mol. The van der Waals surface area contributed by atoms with Crippen LogP contribution < -0.4 is 10.6 Å². The molecule has 1 aliphatic rings. The predicted molar refractivity (Wildman–Crippen MR) is 92.4 cm³/mol. The Kier molecular flexibility index (Phi) is 4.57. The topological polar surface area (TPSA) is 86.9 Å². The predicted octanol–water partition coefficient (Wildman–Crippen LogP) is 3.15. The number of carbonyl (C=O) groups is 2. The molecule has 6 nitrogen and oxygen atoms in total. The summed E-state index contributed by atoms with van der Waals surface area (Å²) >= 11 is 6.10. The van der Waals surface area contributed by atoms with Gasteiger partial charge in [-0.2, -0.15) is 5.10 Å². The lowest BCUT2D eigenvalue weighted by Crippen LogP contribution is -2.34. The van der Waals surface area contributed by atoms with E-state index in [2.05, 4.69) is 20.8 Å². The second-order valence-corrected chi connectivity index (χ2v) is 6.61. The summed E-state index contributed by atoms with van der Waals surface area (Å²) in [6, 6.07) is 4.96. The van der Waals surface area contributed by atoms with Gasteiger partial charge in [-0.25, -0.2) is 0 Å². The van der Waals surface area contributed by atoms with E-state index in [0.717, 1.165) is 18.4 Å². The fourth-order valence-corrected chi connectivity index (χ4v) is 2.92.